The Balaban J connectivity index is 2.29. The lowest BCUT2D eigenvalue weighted by Gasteiger charge is -2.30. The van der Waals surface area contributed by atoms with Crippen LogP contribution in [0.3, 0.4) is 0 Å². The van der Waals surface area contributed by atoms with E-state index in [1.165, 1.54) is 0 Å². The van der Waals surface area contributed by atoms with Crippen LogP contribution in [-0.4, -0.2) is 36.6 Å². The summed E-state index contributed by atoms with van der Waals surface area (Å²) in [6, 6.07) is 0. The average Bonchev–Trinajstić information content (AvgIpc) is 3.05. The van der Waals surface area contributed by atoms with Crippen LogP contribution < -0.4 is 0 Å². The summed E-state index contributed by atoms with van der Waals surface area (Å²) >= 11 is 0. The summed E-state index contributed by atoms with van der Waals surface area (Å²) in [5, 5.41) is 0. The highest BCUT2D eigenvalue weighted by molar-refractivity contribution is 4.85. The van der Waals surface area contributed by atoms with Gasteiger partial charge in [0.05, 0.1) is 24.4 Å². The molecule has 1 fully saturated rings. The van der Waals surface area contributed by atoms with Gasteiger partial charge in [-0.15, -0.1) is 0 Å². The van der Waals surface area contributed by atoms with Crippen molar-refractivity contribution in [1.29, 1.82) is 0 Å². The van der Waals surface area contributed by atoms with Gasteiger partial charge in [-0.2, -0.15) is 0 Å². The highest BCUT2D eigenvalue weighted by atomic mass is 16.6. The van der Waals surface area contributed by atoms with Crippen molar-refractivity contribution in [3.8, 4) is 12.2 Å². The summed E-state index contributed by atoms with van der Waals surface area (Å²) in [6.45, 7) is 12.8. The van der Waals surface area contributed by atoms with Gasteiger partial charge in [-0.1, -0.05) is 0 Å². The lowest BCUT2D eigenvalue weighted by atomic mass is 10.0. The van der Waals surface area contributed by atoms with Gasteiger partial charge in [0.2, 0.25) is 0 Å². The quantitative estimate of drug-likeness (QED) is 0.527. The third kappa shape index (κ3) is 7.29. The predicted molar refractivity (Wildman–Crippen MR) is 73.5 cm³/mol. The molecule has 19 heavy (non-hydrogen) atoms. The number of hydrogen-bond acceptors (Lipinski definition) is 4. The maximum Gasteiger partial charge on any atom is 0.155 e. The monoisotopic (exact) mass is 270 g/mol. The molecule has 0 aromatic heterocycles. The van der Waals surface area contributed by atoms with Crippen molar-refractivity contribution in [2.75, 3.05) is 6.61 Å². The van der Waals surface area contributed by atoms with Crippen LogP contribution in [0, 0.1) is 12.2 Å². The fourth-order valence-corrected chi connectivity index (χ4v) is 1.74. The first-order chi connectivity index (χ1) is 8.80. The third-order valence-corrected chi connectivity index (χ3v) is 2.87. The minimum atomic E-state index is -0.208. The fraction of sp³-hybridized carbons (Fsp3) is 0.867. The normalized spacial score (nSPS) is 21.3. The van der Waals surface area contributed by atoms with Crippen LogP contribution in [0.15, 0.2) is 0 Å². The molecule has 1 rings (SSSR count). The molecule has 1 aliphatic rings. The Morgan fingerprint density at radius 1 is 1.11 bits per heavy atom. The molecule has 0 saturated carbocycles. The Morgan fingerprint density at radius 3 is 2.21 bits per heavy atom. The van der Waals surface area contributed by atoms with E-state index in [0.717, 1.165) is 13.0 Å². The topological polar surface area (TPSA) is 40.2 Å². The van der Waals surface area contributed by atoms with Gasteiger partial charge in [0.1, 0.15) is 12.2 Å². The lowest BCUT2D eigenvalue weighted by Crippen LogP contribution is -2.36. The number of ether oxygens (including phenoxy) is 4. The van der Waals surface area contributed by atoms with Gasteiger partial charge in [0, 0.05) is 6.42 Å². The second-order valence-corrected chi connectivity index (χ2v) is 5.94. The van der Waals surface area contributed by atoms with Crippen molar-refractivity contribution >= 4 is 0 Å². The van der Waals surface area contributed by atoms with E-state index in [-0.39, 0.29) is 23.9 Å². The molecule has 0 aromatic rings. The van der Waals surface area contributed by atoms with E-state index in [9.17, 15) is 0 Å². The summed E-state index contributed by atoms with van der Waals surface area (Å²) in [6.07, 6.45) is 6.29. The van der Waals surface area contributed by atoms with Crippen molar-refractivity contribution in [1.82, 2.24) is 0 Å². The van der Waals surface area contributed by atoms with Crippen LogP contribution in [0.25, 0.3) is 0 Å². The average molecular weight is 270 g/mol. The fourth-order valence-electron chi connectivity index (χ4n) is 1.74. The van der Waals surface area contributed by atoms with Gasteiger partial charge in [-0.25, -0.2) is 0 Å². The lowest BCUT2D eigenvalue weighted by molar-refractivity contribution is -0.111. The predicted octanol–water partition coefficient (Wildman–Crippen LogP) is 2.71. The van der Waals surface area contributed by atoms with Crippen LogP contribution in [-0.2, 0) is 18.9 Å². The molecular weight excluding hydrogens is 244 g/mol. The first-order valence-electron chi connectivity index (χ1n) is 6.91. The molecule has 0 amide bonds. The molecule has 4 heteroatoms. The van der Waals surface area contributed by atoms with E-state index in [1.54, 1.807) is 0 Å². The van der Waals surface area contributed by atoms with Gasteiger partial charge in [-0.05, 0) is 41.5 Å². The van der Waals surface area contributed by atoms with E-state index in [1.807, 2.05) is 27.7 Å². The Labute approximate surface area is 116 Å². The number of rotatable bonds is 7. The summed E-state index contributed by atoms with van der Waals surface area (Å²) in [4.78, 5) is 0. The zero-order valence-electron chi connectivity index (χ0n) is 12.9. The van der Waals surface area contributed by atoms with Gasteiger partial charge in [-0.3, -0.25) is 0 Å². The van der Waals surface area contributed by atoms with Gasteiger partial charge >= 0.3 is 0 Å². The molecule has 1 aliphatic heterocycles. The third-order valence-electron chi connectivity index (χ3n) is 2.87. The summed E-state index contributed by atoms with van der Waals surface area (Å²) in [7, 11) is 0. The molecule has 110 valence electrons. The molecule has 3 unspecified atom stereocenters. The molecule has 0 radical (unpaired) electrons. The van der Waals surface area contributed by atoms with Crippen molar-refractivity contribution in [3.63, 3.8) is 0 Å². The smallest absolute Gasteiger partial charge is 0.155 e. The molecule has 1 heterocycles. The second kappa shape index (κ2) is 7.02. The molecular formula is C15H26O4. The molecule has 0 bridgehead atoms. The van der Waals surface area contributed by atoms with Gasteiger partial charge in [0.25, 0.3) is 0 Å². The van der Waals surface area contributed by atoms with E-state index in [2.05, 4.69) is 26.1 Å². The van der Waals surface area contributed by atoms with E-state index < -0.39 is 0 Å². The molecule has 0 aromatic carbocycles. The van der Waals surface area contributed by atoms with Crippen molar-refractivity contribution in [2.45, 2.75) is 78.0 Å². The van der Waals surface area contributed by atoms with Crippen LogP contribution in [0.5, 0.6) is 0 Å². The zero-order valence-corrected chi connectivity index (χ0v) is 12.9. The van der Waals surface area contributed by atoms with Crippen molar-refractivity contribution in [2.24, 2.45) is 0 Å². The molecule has 0 N–H and O–H groups in total. The standard InChI is InChI=1S/C15H26O4/c1-11(2)16-7-8-17-12(3)13(4)19-15(5,6)9-14-10-18-14/h11-14H,9-10H2,1-6H3. The van der Waals surface area contributed by atoms with Crippen molar-refractivity contribution < 1.29 is 18.9 Å². The zero-order chi connectivity index (χ0) is 14.5. The molecule has 3 atom stereocenters. The largest absolute Gasteiger partial charge is 0.442 e. The summed E-state index contributed by atoms with van der Waals surface area (Å²) in [5.41, 5.74) is -0.208. The minimum Gasteiger partial charge on any atom is -0.442 e. The highest BCUT2D eigenvalue weighted by Crippen LogP contribution is 2.27. The Bertz CT molecular complexity index is 323. The second-order valence-electron chi connectivity index (χ2n) is 5.94. The van der Waals surface area contributed by atoms with E-state index in [4.69, 9.17) is 18.9 Å². The van der Waals surface area contributed by atoms with Crippen LogP contribution >= 0.6 is 0 Å². The maximum absolute atomic E-state index is 6.01. The van der Waals surface area contributed by atoms with E-state index in [0.29, 0.717) is 6.10 Å². The number of epoxide rings is 1. The maximum atomic E-state index is 6.01. The van der Waals surface area contributed by atoms with Gasteiger partial charge < -0.3 is 18.9 Å². The minimum absolute atomic E-state index is 0.0397. The molecule has 0 spiro atoms. The summed E-state index contributed by atoms with van der Waals surface area (Å²) < 4.78 is 21.7. The first kappa shape index (κ1) is 16.1. The van der Waals surface area contributed by atoms with Crippen LogP contribution in [0.1, 0.15) is 48.0 Å². The first-order valence-corrected chi connectivity index (χ1v) is 6.91. The molecule has 1 saturated heterocycles. The van der Waals surface area contributed by atoms with Gasteiger partial charge in [0.15, 0.2) is 12.2 Å². The molecule has 4 nitrogen and oxygen atoms in total. The summed E-state index contributed by atoms with van der Waals surface area (Å²) in [5.74, 6) is 0. The highest BCUT2D eigenvalue weighted by Gasteiger charge is 2.34. The number of hydrogen-bond donors (Lipinski definition) is 0. The Morgan fingerprint density at radius 2 is 1.68 bits per heavy atom. The Hall–Kier alpha value is -0.920. The Kier molecular flexibility index (Phi) is 5.96. The van der Waals surface area contributed by atoms with Crippen molar-refractivity contribution in [3.05, 3.63) is 0 Å². The molecule has 0 aliphatic carbocycles. The van der Waals surface area contributed by atoms with Crippen LogP contribution in [0.4, 0.5) is 0 Å². The van der Waals surface area contributed by atoms with Crippen LogP contribution in [0.2, 0.25) is 0 Å². The van der Waals surface area contributed by atoms with E-state index >= 15 is 0 Å². The SMILES string of the molecule is CC(C)OC#COC(C)C(C)OC(C)(C)CC1CO1.